The van der Waals surface area contributed by atoms with Crippen molar-refractivity contribution in [2.24, 2.45) is 0 Å². The molecule has 0 aliphatic heterocycles. The van der Waals surface area contributed by atoms with Crippen LogP contribution in [0.5, 0.6) is 5.88 Å². The zero-order chi connectivity index (χ0) is 16.4. The average Bonchev–Trinajstić information content (AvgIpc) is 3.23. The third-order valence-corrected chi connectivity index (χ3v) is 3.36. The fourth-order valence-electron chi connectivity index (χ4n) is 1.94. The molecule has 0 spiro atoms. The van der Waals surface area contributed by atoms with Gasteiger partial charge in [-0.15, -0.1) is 0 Å². The predicted octanol–water partition coefficient (Wildman–Crippen LogP) is 2.09. The van der Waals surface area contributed by atoms with E-state index >= 15 is 0 Å². The van der Waals surface area contributed by atoms with Gasteiger partial charge in [0.25, 0.3) is 0 Å². The summed E-state index contributed by atoms with van der Waals surface area (Å²) < 4.78 is 16.2. The molecule has 122 valence electrons. The van der Waals surface area contributed by atoms with Gasteiger partial charge < -0.3 is 19.3 Å². The summed E-state index contributed by atoms with van der Waals surface area (Å²) >= 11 is 0. The number of nitrogens with zero attached hydrogens (tertiary/aromatic N) is 1. The number of aliphatic hydroxyl groups is 1. The number of aliphatic hydroxyl groups excluding tert-OH is 1. The Kier molecular flexibility index (Phi) is 4.72. The van der Waals surface area contributed by atoms with E-state index in [0.29, 0.717) is 0 Å². The molecule has 1 fully saturated rings. The van der Waals surface area contributed by atoms with Crippen molar-refractivity contribution in [1.29, 1.82) is 0 Å². The molecule has 0 amide bonds. The number of carbonyl (C=O) groups excluding carboxylic acids is 1. The van der Waals surface area contributed by atoms with Crippen molar-refractivity contribution in [3.8, 4) is 5.88 Å². The van der Waals surface area contributed by atoms with Crippen LogP contribution in [0.15, 0.2) is 12.3 Å². The molecule has 1 aromatic rings. The Balaban J connectivity index is 2.13. The van der Waals surface area contributed by atoms with Crippen LogP contribution in [0.4, 0.5) is 0 Å². The normalized spacial score (nSPS) is 16.2. The Bertz CT molecular complexity index is 546. The van der Waals surface area contributed by atoms with Gasteiger partial charge in [0.1, 0.15) is 11.2 Å². The van der Waals surface area contributed by atoms with Gasteiger partial charge in [0.15, 0.2) is 0 Å². The maximum absolute atomic E-state index is 12.2. The molecule has 0 aromatic carbocycles. The second kappa shape index (κ2) is 6.22. The highest BCUT2D eigenvalue weighted by Gasteiger charge is 2.43. The molecule has 0 radical (unpaired) electrons. The van der Waals surface area contributed by atoms with Crippen molar-refractivity contribution < 1.29 is 24.1 Å². The molecule has 2 rings (SSSR count). The summed E-state index contributed by atoms with van der Waals surface area (Å²) in [6.07, 6.45) is 3.30. The molecular formula is C16H23NO5. The number of hydrogen-bond donors (Lipinski definition) is 1. The zero-order valence-electron chi connectivity index (χ0n) is 13.5. The number of hydrogen-bond acceptors (Lipinski definition) is 6. The van der Waals surface area contributed by atoms with Crippen molar-refractivity contribution in [3.63, 3.8) is 0 Å². The lowest BCUT2D eigenvalue weighted by atomic mass is 10.1. The Morgan fingerprint density at radius 3 is 2.59 bits per heavy atom. The molecule has 22 heavy (non-hydrogen) atoms. The number of carbonyl (C=O) groups is 1. The molecule has 0 saturated heterocycles. The molecule has 0 atom stereocenters. The predicted molar refractivity (Wildman–Crippen MR) is 79.8 cm³/mol. The lowest BCUT2D eigenvalue weighted by Crippen LogP contribution is -2.24. The number of rotatable bonds is 6. The summed E-state index contributed by atoms with van der Waals surface area (Å²) in [5.41, 5.74) is 0.00371. The quantitative estimate of drug-likeness (QED) is 0.811. The maximum Gasteiger partial charge on any atom is 0.344 e. The molecule has 6 heteroatoms. The van der Waals surface area contributed by atoms with Crippen LogP contribution in [0, 0.1) is 0 Å². The van der Waals surface area contributed by atoms with E-state index in [1.54, 1.807) is 33.0 Å². The van der Waals surface area contributed by atoms with Crippen molar-refractivity contribution in [1.82, 2.24) is 4.98 Å². The first kappa shape index (κ1) is 16.7. The van der Waals surface area contributed by atoms with Gasteiger partial charge in [-0.2, -0.15) is 0 Å². The second-order valence-corrected chi connectivity index (χ2v) is 6.53. The van der Waals surface area contributed by atoms with Crippen molar-refractivity contribution in [3.05, 3.63) is 23.4 Å². The van der Waals surface area contributed by atoms with Crippen LogP contribution in [-0.2, 0) is 16.1 Å². The SMILES string of the molecule is COc1ncc(COC2(CO)CC2)cc1C(=O)OC(C)(C)C. The molecular weight excluding hydrogens is 286 g/mol. The van der Waals surface area contributed by atoms with Gasteiger partial charge in [-0.25, -0.2) is 9.78 Å². The third kappa shape index (κ3) is 4.18. The van der Waals surface area contributed by atoms with Crippen LogP contribution in [0.1, 0.15) is 49.5 Å². The Labute approximate surface area is 130 Å². The molecule has 1 saturated carbocycles. The summed E-state index contributed by atoms with van der Waals surface area (Å²) in [4.78, 5) is 16.4. The summed E-state index contributed by atoms with van der Waals surface area (Å²) in [5.74, 6) is -0.261. The van der Waals surface area contributed by atoms with Crippen LogP contribution >= 0.6 is 0 Å². The molecule has 1 aromatic heterocycles. The van der Waals surface area contributed by atoms with E-state index in [1.807, 2.05) is 0 Å². The van der Waals surface area contributed by atoms with Crippen LogP contribution in [0.3, 0.4) is 0 Å². The minimum atomic E-state index is -0.594. The van der Waals surface area contributed by atoms with Gasteiger partial charge in [-0.1, -0.05) is 0 Å². The smallest absolute Gasteiger partial charge is 0.344 e. The van der Waals surface area contributed by atoms with Crippen molar-refractivity contribution >= 4 is 5.97 Å². The molecule has 1 N–H and O–H groups in total. The van der Waals surface area contributed by atoms with Gasteiger partial charge in [0.2, 0.25) is 5.88 Å². The lowest BCUT2D eigenvalue weighted by Gasteiger charge is -2.20. The second-order valence-electron chi connectivity index (χ2n) is 6.53. The topological polar surface area (TPSA) is 77.9 Å². The number of esters is 1. The number of ether oxygens (including phenoxy) is 3. The molecule has 1 heterocycles. The average molecular weight is 309 g/mol. The fourth-order valence-corrected chi connectivity index (χ4v) is 1.94. The van der Waals surface area contributed by atoms with Crippen LogP contribution in [0.25, 0.3) is 0 Å². The van der Waals surface area contributed by atoms with Crippen LogP contribution < -0.4 is 4.74 Å². The Morgan fingerprint density at radius 2 is 2.09 bits per heavy atom. The lowest BCUT2D eigenvalue weighted by molar-refractivity contribution is -0.0176. The maximum atomic E-state index is 12.2. The highest BCUT2D eigenvalue weighted by atomic mass is 16.6. The van der Waals surface area contributed by atoms with E-state index in [2.05, 4.69) is 4.98 Å². The summed E-state index contributed by atoms with van der Waals surface area (Å²) in [7, 11) is 1.46. The van der Waals surface area contributed by atoms with Gasteiger partial charge in [-0.3, -0.25) is 0 Å². The zero-order valence-corrected chi connectivity index (χ0v) is 13.5. The first-order chi connectivity index (χ1) is 10.3. The van der Waals surface area contributed by atoms with Gasteiger partial charge in [-0.05, 0) is 45.2 Å². The first-order valence-corrected chi connectivity index (χ1v) is 7.30. The molecule has 0 unspecified atom stereocenters. The highest BCUT2D eigenvalue weighted by molar-refractivity contribution is 5.92. The summed E-state index contributed by atoms with van der Waals surface area (Å²) in [6.45, 7) is 5.70. The minimum absolute atomic E-state index is 0.00943. The Morgan fingerprint density at radius 1 is 1.41 bits per heavy atom. The fraction of sp³-hybridized carbons (Fsp3) is 0.625. The number of methoxy groups -OCH3 is 1. The monoisotopic (exact) mass is 309 g/mol. The van der Waals surface area contributed by atoms with E-state index in [9.17, 15) is 9.90 Å². The standard InChI is InChI=1S/C16H23NO5/c1-15(2,3)22-14(19)12-7-11(8-17-13(12)20-4)9-21-16(10-18)5-6-16/h7-8,18H,5-6,9-10H2,1-4H3. The molecule has 6 nitrogen and oxygen atoms in total. The molecule has 1 aliphatic rings. The minimum Gasteiger partial charge on any atom is -0.480 e. The van der Waals surface area contributed by atoms with E-state index in [0.717, 1.165) is 18.4 Å². The van der Waals surface area contributed by atoms with Crippen molar-refractivity contribution in [2.45, 2.75) is 51.4 Å². The van der Waals surface area contributed by atoms with Gasteiger partial charge >= 0.3 is 5.97 Å². The first-order valence-electron chi connectivity index (χ1n) is 7.30. The Hall–Kier alpha value is -1.66. The van der Waals surface area contributed by atoms with Gasteiger partial charge in [0, 0.05) is 6.20 Å². The van der Waals surface area contributed by atoms with Crippen molar-refractivity contribution in [2.75, 3.05) is 13.7 Å². The number of aromatic nitrogens is 1. The van der Waals surface area contributed by atoms with E-state index in [1.165, 1.54) is 7.11 Å². The molecule has 1 aliphatic carbocycles. The van der Waals surface area contributed by atoms with E-state index in [4.69, 9.17) is 14.2 Å². The highest BCUT2D eigenvalue weighted by Crippen LogP contribution is 2.39. The van der Waals surface area contributed by atoms with E-state index < -0.39 is 17.2 Å². The molecule has 0 bridgehead atoms. The van der Waals surface area contributed by atoms with Gasteiger partial charge in [0.05, 0.1) is 25.9 Å². The van der Waals surface area contributed by atoms with E-state index in [-0.39, 0.29) is 24.7 Å². The third-order valence-electron chi connectivity index (χ3n) is 3.36. The largest absolute Gasteiger partial charge is 0.480 e. The van der Waals surface area contributed by atoms with Crippen LogP contribution in [-0.4, -0.2) is 41.0 Å². The summed E-state index contributed by atoms with van der Waals surface area (Å²) in [6, 6.07) is 1.66. The number of pyridine rings is 1. The summed E-state index contributed by atoms with van der Waals surface area (Å²) in [5, 5.41) is 9.25. The van der Waals surface area contributed by atoms with Crippen LogP contribution in [0.2, 0.25) is 0 Å².